The first-order valence-electron chi connectivity index (χ1n) is 7.39. The molecule has 1 aromatic heterocycles. The third-order valence-electron chi connectivity index (χ3n) is 3.93. The number of aromatic nitrogens is 2. The summed E-state index contributed by atoms with van der Waals surface area (Å²) in [5, 5.41) is 10.2. The molecular weight excluding hydrogens is 283 g/mol. The Bertz CT molecular complexity index is 585. The van der Waals surface area contributed by atoms with Crippen LogP contribution in [0.3, 0.4) is 0 Å². The number of nitrogens with zero attached hydrogens (tertiary/aromatic N) is 4. The minimum atomic E-state index is -0.594. The predicted molar refractivity (Wildman–Crippen MR) is 82.0 cm³/mol. The summed E-state index contributed by atoms with van der Waals surface area (Å²) in [6.07, 6.45) is 4.53. The van der Waals surface area contributed by atoms with Gasteiger partial charge in [-0.3, -0.25) is 9.88 Å². The Morgan fingerprint density at radius 2 is 1.82 bits per heavy atom. The molecule has 0 aliphatic carbocycles. The van der Waals surface area contributed by atoms with E-state index >= 15 is 0 Å². The van der Waals surface area contributed by atoms with Crippen LogP contribution >= 0.6 is 0 Å². The van der Waals surface area contributed by atoms with Crippen molar-refractivity contribution in [2.75, 3.05) is 37.6 Å². The third-order valence-corrected chi connectivity index (χ3v) is 3.93. The maximum atomic E-state index is 12.9. The second-order valence-corrected chi connectivity index (χ2v) is 5.42. The van der Waals surface area contributed by atoms with E-state index in [4.69, 9.17) is 0 Å². The summed E-state index contributed by atoms with van der Waals surface area (Å²) >= 11 is 0. The van der Waals surface area contributed by atoms with Crippen LogP contribution in [0.1, 0.15) is 11.7 Å². The minimum Gasteiger partial charge on any atom is -0.387 e. The van der Waals surface area contributed by atoms with Crippen LogP contribution in [-0.4, -0.2) is 52.7 Å². The van der Waals surface area contributed by atoms with Gasteiger partial charge in [0, 0.05) is 45.1 Å². The summed E-state index contributed by atoms with van der Waals surface area (Å²) in [6, 6.07) is 6.03. The predicted octanol–water partition coefficient (Wildman–Crippen LogP) is 1.47. The molecule has 1 atom stereocenters. The molecule has 0 spiro atoms. The highest BCUT2D eigenvalue weighted by molar-refractivity contribution is 5.35. The summed E-state index contributed by atoms with van der Waals surface area (Å²) in [7, 11) is 0. The van der Waals surface area contributed by atoms with Crippen molar-refractivity contribution in [3.63, 3.8) is 0 Å². The van der Waals surface area contributed by atoms with Gasteiger partial charge in [-0.2, -0.15) is 0 Å². The molecule has 6 heteroatoms. The van der Waals surface area contributed by atoms with Gasteiger partial charge in [0.25, 0.3) is 0 Å². The normalized spacial score (nSPS) is 17.5. The number of β-amino-alcohol motifs (C(OH)–C–C–N with tert-alkyl or cyclic N) is 1. The molecule has 3 rings (SSSR count). The topological polar surface area (TPSA) is 52.5 Å². The van der Waals surface area contributed by atoms with Crippen LogP contribution in [0.2, 0.25) is 0 Å². The number of halogens is 1. The van der Waals surface area contributed by atoms with Gasteiger partial charge in [-0.05, 0) is 17.7 Å². The largest absolute Gasteiger partial charge is 0.387 e. The summed E-state index contributed by atoms with van der Waals surface area (Å²) in [4.78, 5) is 12.8. The zero-order valence-electron chi connectivity index (χ0n) is 12.3. The molecule has 0 saturated carbocycles. The Morgan fingerprint density at radius 3 is 2.45 bits per heavy atom. The third kappa shape index (κ3) is 3.58. The number of benzene rings is 1. The first-order valence-corrected chi connectivity index (χ1v) is 7.39. The lowest BCUT2D eigenvalue weighted by atomic mass is 10.1. The van der Waals surface area contributed by atoms with Gasteiger partial charge in [-0.1, -0.05) is 12.1 Å². The van der Waals surface area contributed by atoms with Crippen LogP contribution in [0.15, 0.2) is 42.9 Å². The lowest BCUT2D eigenvalue weighted by molar-refractivity contribution is 0.109. The van der Waals surface area contributed by atoms with Gasteiger partial charge in [0.15, 0.2) is 0 Å². The van der Waals surface area contributed by atoms with Crippen LogP contribution < -0.4 is 4.90 Å². The van der Waals surface area contributed by atoms with Crippen LogP contribution in [0.25, 0.3) is 0 Å². The highest BCUT2D eigenvalue weighted by Gasteiger charge is 2.20. The van der Waals surface area contributed by atoms with Crippen LogP contribution in [0.5, 0.6) is 0 Å². The summed E-state index contributed by atoms with van der Waals surface area (Å²) in [6.45, 7) is 3.98. The fraction of sp³-hybridized carbons (Fsp3) is 0.375. The Hall–Kier alpha value is -2.05. The van der Waals surface area contributed by atoms with Crippen LogP contribution in [0, 0.1) is 5.82 Å². The van der Waals surface area contributed by atoms with Crippen molar-refractivity contribution < 1.29 is 9.50 Å². The van der Waals surface area contributed by atoms with E-state index in [0.29, 0.717) is 6.54 Å². The van der Waals surface area contributed by atoms with E-state index in [1.807, 2.05) is 0 Å². The fourth-order valence-corrected chi connectivity index (χ4v) is 2.65. The highest BCUT2D eigenvalue weighted by Crippen LogP contribution is 2.17. The molecule has 1 aromatic carbocycles. The van der Waals surface area contributed by atoms with E-state index in [-0.39, 0.29) is 5.82 Å². The number of aliphatic hydroxyl groups excluding tert-OH is 1. The summed E-state index contributed by atoms with van der Waals surface area (Å²) < 4.78 is 12.9. The first kappa shape index (κ1) is 14.9. The van der Waals surface area contributed by atoms with Gasteiger partial charge in [0.05, 0.1) is 12.3 Å². The molecule has 2 heterocycles. The molecule has 0 radical (unpaired) electrons. The average Bonchev–Trinajstić information content (AvgIpc) is 2.57. The SMILES string of the molecule is O[C@H](CN1CCN(c2cnccn2)CC1)c1ccc(F)cc1. The average molecular weight is 302 g/mol. The van der Waals surface area contributed by atoms with Crippen molar-refractivity contribution in [1.29, 1.82) is 0 Å². The molecule has 5 nitrogen and oxygen atoms in total. The molecule has 0 bridgehead atoms. The monoisotopic (exact) mass is 302 g/mol. The Kier molecular flexibility index (Phi) is 4.60. The van der Waals surface area contributed by atoms with E-state index in [9.17, 15) is 9.50 Å². The Labute approximate surface area is 129 Å². The Morgan fingerprint density at radius 1 is 1.09 bits per heavy atom. The van der Waals surface area contributed by atoms with E-state index < -0.39 is 6.10 Å². The van der Waals surface area contributed by atoms with Gasteiger partial charge in [0.2, 0.25) is 0 Å². The second kappa shape index (κ2) is 6.81. The highest BCUT2D eigenvalue weighted by atomic mass is 19.1. The zero-order valence-corrected chi connectivity index (χ0v) is 12.3. The maximum Gasteiger partial charge on any atom is 0.147 e. The number of anilines is 1. The number of piperazine rings is 1. The van der Waals surface area contributed by atoms with E-state index in [1.165, 1.54) is 12.1 Å². The van der Waals surface area contributed by atoms with Crippen molar-refractivity contribution in [3.05, 3.63) is 54.2 Å². The van der Waals surface area contributed by atoms with Crippen LogP contribution in [0.4, 0.5) is 10.2 Å². The van der Waals surface area contributed by atoms with Crippen molar-refractivity contribution in [2.24, 2.45) is 0 Å². The standard InChI is InChI=1S/C16H19FN4O/c17-14-3-1-13(2-4-14)15(22)12-20-7-9-21(10-8-20)16-11-18-5-6-19-16/h1-6,11,15,22H,7-10,12H2/t15-/m1/s1. The van der Waals surface area contributed by atoms with Crippen LogP contribution in [-0.2, 0) is 0 Å². The molecule has 0 amide bonds. The van der Waals surface area contributed by atoms with E-state index in [2.05, 4.69) is 19.8 Å². The molecule has 2 aromatic rings. The molecule has 22 heavy (non-hydrogen) atoms. The first-order chi connectivity index (χ1) is 10.7. The Balaban J connectivity index is 1.52. The summed E-state index contributed by atoms with van der Waals surface area (Å²) in [5.41, 5.74) is 0.748. The molecular formula is C16H19FN4O. The van der Waals surface area contributed by atoms with Crippen molar-refractivity contribution in [1.82, 2.24) is 14.9 Å². The minimum absolute atomic E-state index is 0.284. The van der Waals surface area contributed by atoms with Gasteiger partial charge in [-0.15, -0.1) is 0 Å². The van der Waals surface area contributed by atoms with Gasteiger partial charge >= 0.3 is 0 Å². The van der Waals surface area contributed by atoms with Crippen molar-refractivity contribution >= 4 is 5.82 Å². The smallest absolute Gasteiger partial charge is 0.147 e. The number of hydrogen-bond donors (Lipinski definition) is 1. The quantitative estimate of drug-likeness (QED) is 0.927. The van der Waals surface area contributed by atoms with Crippen molar-refractivity contribution in [3.8, 4) is 0 Å². The molecule has 1 saturated heterocycles. The lowest BCUT2D eigenvalue weighted by Gasteiger charge is -2.36. The van der Waals surface area contributed by atoms with Gasteiger partial charge < -0.3 is 10.0 Å². The zero-order chi connectivity index (χ0) is 15.4. The number of aliphatic hydroxyl groups is 1. The van der Waals surface area contributed by atoms with Gasteiger partial charge in [0.1, 0.15) is 11.6 Å². The number of hydrogen-bond acceptors (Lipinski definition) is 5. The van der Waals surface area contributed by atoms with Crippen molar-refractivity contribution in [2.45, 2.75) is 6.10 Å². The van der Waals surface area contributed by atoms with E-state index in [1.54, 1.807) is 30.7 Å². The lowest BCUT2D eigenvalue weighted by Crippen LogP contribution is -2.47. The molecule has 1 aliphatic rings. The molecule has 0 unspecified atom stereocenters. The molecule has 116 valence electrons. The fourth-order valence-electron chi connectivity index (χ4n) is 2.65. The second-order valence-electron chi connectivity index (χ2n) is 5.42. The number of rotatable bonds is 4. The molecule has 1 fully saturated rings. The molecule has 1 N–H and O–H groups in total. The summed E-state index contributed by atoms with van der Waals surface area (Å²) in [5.74, 6) is 0.606. The van der Waals surface area contributed by atoms with Gasteiger partial charge in [-0.25, -0.2) is 9.37 Å². The maximum absolute atomic E-state index is 12.9. The van der Waals surface area contributed by atoms with E-state index in [0.717, 1.165) is 37.6 Å². The molecule has 1 aliphatic heterocycles.